The SMILES string of the molecule is CCCCC(CC)COC(=O)COC(=O)CS(C)(=O)=O. The summed E-state index contributed by atoms with van der Waals surface area (Å²) < 4.78 is 31.2. The molecule has 1 atom stereocenters. The maximum absolute atomic E-state index is 11.4. The van der Waals surface area contributed by atoms with Crippen molar-refractivity contribution in [2.75, 3.05) is 25.2 Å². The molecule has 0 aromatic carbocycles. The van der Waals surface area contributed by atoms with Gasteiger partial charge in [0.2, 0.25) is 0 Å². The Hall–Kier alpha value is -1.11. The third-order valence-corrected chi connectivity index (χ3v) is 3.51. The molecule has 0 aromatic rings. The van der Waals surface area contributed by atoms with Gasteiger partial charge in [0.1, 0.15) is 5.75 Å². The summed E-state index contributed by atoms with van der Waals surface area (Å²) in [5.74, 6) is -2.01. The predicted molar refractivity (Wildman–Crippen MR) is 74.9 cm³/mol. The molecule has 7 heteroatoms. The molecular weight excluding hydrogens is 284 g/mol. The van der Waals surface area contributed by atoms with Gasteiger partial charge in [0.15, 0.2) is 16.4 Å². The Kier molecular flexibility index (Phi) is 9.20. The third kappa shape index (κ3) is 10.8. The topological polar surface area (TPSA) is 86.7 Å². The van der Waals surface area contributed by atoms with Gasteiger partial charge in [0.05, 0.1) is 6.61 Å². The number of carbonyl (C=O) groups is 2. The molecule has 0 fully saturated rings. The van der Waals surface area contributed by atoms with Crippen LogP contribution in [-0.2, 0) is 28.9 Å². The van der Waals surface area contributed by atoms with Gasteiger partial charge in [-0.3, -0.25) is 4.79 Å². The van der Waals surface area contributed by atoms with Crippen molar-refractivity contribution in [1.82, 2.24) is 0 Å². The summed E-state index contributed by atoms with van der Waals surface area (Å²) in [6.45, 7) is 3.89. The molecule has 0 N–H and O–H groups in total. The van der Waals surface area contributed by atoms with Crippen LogP contribution < -0.4 is 0 Å². The number of ether oxygens (including phenoxy) is 2. The Labute approximate surface area is 120 Å². The van der Waals surface area contributed by atoms with E-state index in [9.17, 15) is 18.0 Å². The molecule has 1 unspecified atom stereocenters. The van der Waals surface area contributed by atoms with E-state index in [4.69, 9.17) is 4.74 Å². The molecule has 0 aliphatic rings. The fourth-order valence-electron chi connectivity index (χ4n) is 1.55. The standard InChI is InChI=1S/C13H24O6S/c1-4-6-7-11(5-2)8-18-12(14)9-19-13(15)10-20(3,16)17/h11H,4-10H2,1-3H3. The molecule has 0 radical (unpaired) electrons. The zero-order chi connectivity index (χ0) is 15.6. The van der Waals surface area contributed by atoms with Crippen molar-refractivity contribution < 1.29 is 27.5 Å². The maximum atomic E-state index is 11.4. The fraction of sp³-hybridized carbons (Fsp3) is 0.846. The van der Waals surface area contributed by atoms with Crippen LogP contribution >= 0.6 is 0 Å². The minimum atomic E-state index is -3.44. The van der Waals surface area contributed by atoms with Gasteiger partial charge >= 0.3 is 11.9 Å². The fourth-order valence-corrected chi connectivity index (χ4v) is 2.06. The number of hydrogen-bond acceptors (Lipinski definition) is 6. The Morgan fingerprint density at radius 1 is 1.10 bits per heavy atom. The molecule has 0 aliphatic carbocycles. The van der Waals surface area contributed by atoms with E-state index >= 15 is 0 Å². The molecular formula is C13H24O6S. The van der Waals surface area contributed by atoms with Crippen LogP contribution in [0.3, 0.4) is 0 Å². The van der Waals surface area contributed by atoms with E-state index in [2.05, 4.69) is 11.7 Å². The largest absolute Gasteiger partial charge is 0.463 e. The second-order valence-electron chi connectivity index (χ2n) is 4.83. The summed E-state index contributed by atoms with van der Waals surface area (Å²) in [6.07, 6.45) is 5.01. The van der Waals surface area contributed by atoms with Crippen LogP contribution in [0.5, 0.6) is 0 Å². The van der Waals surface area contributed by atoms with E-state index in [0.717, 1.165) is 31.9 Å². The Morgan fingerprint density at radius 2 is 1.75 bits per heavy atom. The second kappa shape index (κ2) is 9.74. The van der Waals surface area contributed by atoms with Crippen LogP contribution in [0.25, 0.3) is 0 Å². The highest BCUT2D eigenvalue weighted by Gasteiger charge is 2.15. The van der Waals surface area contributed by atoms with E-state index in [1.807, 2.05) is 6.92 Å². The van der Waals surface area contributed by atoms with Crippen LogP contribution in [0.4, 0.5) is 0 Å². The van der Waals surface area contributed by atoms with E-state index in [1.165, 1.54) is 0 Å². The number of hydrogen-bond donors (Lipinski definition) is 0. The van der Waals surface area contributed by atoms with Gasteiger partial charge in [-0.25, -0.2) is 13.2 Å². The lowest BCUT2D eigenvalue weighted by Gasteiger charge is -2.14. The lowest BCUT2D eigenvalue weighted by Crippen LogP contribution is -2.23. The Bertz CT molecular complexity index is 401. The molecule has 118 valence electrons. The minimum absolute atomic E-state index is 0.305. The molecule has 0 bridgehead atoms. The van der Waals surface area contributed by atoms with Gasteiger partial charge < -0.3 is 9.47 Å². The van der Waals surface area contributed by atoms with Crippen molar-refractivity contribution in [3.8, 4) is 0 Å². The zero-order valence-corrected chi connectivity index (χ0v) is 13.2. The van der Waals surface area contributed by atoms with Crippen molar-refractivity contribution in [3.05, 3.63) is 0 Å². The van der Waals surface area contributed by atoms with E-state index in [0.29, 0.717) is 12.5 Å². The number of carbonyl (C=O) groups excluding carboxylic acids is 2. The first-order valence-corrected chi connectivity index (χ1v) is 8.83. The summed E-state index contributed by atoms with van der Waals surface area (Å²) in [4.78, 5) is 22.4. The zero-order valence-electron chi connectivity index (χ0n) is 12.4. The van der Waals surface area contributed by atoms with Crippen molar-refractivity contribution in [2.45, 2.75) is 39.5 Å². The van der Waals surface area contributed by atoms with Crippen LogP contribution in [0.2, 0.25) is 0 Å². The predicted octanol–water partition coefficient (Wildman–Crippen LogP) is 1.33. The lowest BCUT2D eigenvalue weighted by atomic mass is 10.0. The molecule has 0 aliphatic heterocycles. The second-order valence-corrected chi connectivity index (χ2v) is 6.97. The first-order valence-electron chi connectivity index (χ1n) is 6.77. The molecule has 0 rings (SSSR count). The van der Waals surface area contributed by atoms with Crippen molar-refractivity contribution in [2.24, 2.45) is 5.92 Å². The van der Waals surface area contributed by atoms with Crippen molar-refractivity contribution in [1.29, 1.82) is 0 Å². The summed E-state index contributed by atoms with van der Waals surface area (Å²) in [5, 5.41) is 0. The molecule has 0 saturated heterocycles. The van der Waals surface area contributed by atoms with Gasteiger partial charge in [0, 0.05) is 6.26 Å². The number of esters is 2. The normalized spacial score (nSPS) is 12.8. The van der Waals surface area contributed by atoms with Gasteiger partial charge in [-0.15, -0.1) is 0 Å². The highest BCUT2D eigenvalue weighted by Crippen LogP contribution is 2.12. The van der Waals surface area contributed by atoms with Crippen LogP contribution in [0, 0.1) is 5.92 Å². The van der Waals surface area contributed by atoms with Crippen LogP contribution in [0.15, 0.2) is 0 Å². The highest BCUT2D eigenvalue weighted by molar-refractivity contribution is 7.91. The van der Waals surface area contributed by atoms with E-state index in [1.54, 1.807) is 0 Å². The highest BCUT2D eigenvalue weighted by atomic mass is 32.2. The van der Waals surface area contributed by atoms with Gasteiger partial charge in [0.25, 0.3) is 0 Å². The first-order chi connectivity index (χ1) is 9.28. The average Bonchev–Trinajstić information content (AvgIpc) is 2.34. The van der Waals surface area contributed by atoms with Gasteiger partial charge in [-0.05, 0) is 12.3 Å². The Morgan fingerprint density at radius 3 is 2.25 bits per heavy atom. The Balaban J connectivity index is 3.91. The lowest BCUT2D eigenvalue weighted by molar-refractivity contribution is -0.158. The first kappa shape index (κ1) is 18.9. The van der Waals surface area contributed by atoms with Crippen LogP contribution in [0.1, 0.15) is 39.5 Å². The van der Waals surface area contributed by atoms with Crippen molar-refractivity contribution >= 4 is 21.8 Å². The van der Waals surface area contributed by atoms with Gasteiger partial charge in [-0.2, -0.15) is 0 Å². The summed E-state index contributed by atoms with van der Waals surface area (Å²) >= 11 is 0. The summed E-state index contributed by atoms with van der Waals surface area (Å²) in [7, 11) is -3.44. The van der Waals surface area contributed by atoms with Crippen LogP contribution in [-0.4, -0.2) is 45.6 Å². The third-order valence-electron chi connectivity index (χ3n) is 2.75. The molecule has 0 heterocycles. The maximum Gasteiger partial charge on any atom is 0.344 e. The average molecular weight is 308 g/mol. The smallest absolute Gasteiger partial charge is 0.344 e. The molecule has 0 spiro atoms. The number of sulfone groups is 1. The summed E-state index contributed by atoms with van der Waals surface area (Å²) in [6, 6.07) is 0. The van der Waals surface area contributed by atoms with Gasteiger partial charge in [-0.1, -0.05) is 33.1 Å². The molecule has 0 amide bonds. The minimum Gasteiger partial charge on any atom is -0.463 e. The van der Waals surface area contributed by atoms with Crippen molar-refractivity contribution in [3.63, 3.8) is 0 Å². The summed E-state index contributed by atoms with van der Waals surface area (Å²) in [5.41, 5.74) is 0. The van der Waals surface area contributed by atoms with E-state index in [-0.39, 0.29) is 0 Å². The quantitative estimate of drug-likeness (QED) is 0.566. The molecule has 20 heavy (non-hydrogen) atoms. The monoisotopic (exact) mass is 308 g/mol. The molecule has 0 aromatic heterocycles. The molecule has 6 nitrogen and oxygen atoms in total. The van der Waals surface area contributed by atoms with E-state index < -0.39 is 34.1 Å². The number of rotatable bonds is 10. The number of unbranched alkanes of at least 4 members (excludes halogenated alkanes) is 1. The molecule has 0 saturated carbocycles.